The molecule has 0 aliphatic rings. The van der Waals surface area contributed by atoms with Crippen molar-refractivity contribution in [1.29, 1.82) is 0 Å². The minimum atomic E-state index is 0.460. The summed E-state index contributed by atoms with van der Waals surface area (Å²) in [6.45, 7) is 11.0. The van der Waals surface area contributed by atoms with Crippen LogP contribution >= 0.6 is 0 Å². The molecular weight excluding hydrogens is 264 g/mol. The molecule has 2 rings (SSSR count). The van der Waals surface area contributed by atoms with Crippen LogP contribution in [0.2, 0.25) is 0 Å². The fourth-order valence-electron chi connectivity index (χ4n) is 2.14. The van der Waals surface area contributed by atoms with Crippen LogP contribution < -0.4 is 10.1 Å². The largest absolute Gasteiger partial charge is 0.435 e. The third kappa shape index (κ3) is 3.61. The van der Waals surface area contributed by atoms with Crippen LogP contribution in [0.15, 0.2) is 12.3 Å². The van der Waals surface area contributed by atoms with E-state index in [9.17, 15) is 0 Å². The SMILES string of the molecule is Cc1cc(CNC(C)C)cnc1Oc1c(C)nn(C)c1C. The zero-order chi connectivity index (χ0) is 15.6. The first-order valence-electron chi connectivity index (χ1n) is 7.25. The molecule has 21 heavy (non-hydrogen) atoms. The first kappa shape index (κ1) is 15.5. The number of hydrogen-bond donors (Lipinski definition) is 1. The maximum atomic E-state index is 5.96. The highest BCUT2D eigenvalue weighted by atomic mass is 16.5. The Morgan fingerprint density at radius 2 is 2.00 bits per heavy atom. The van der Waals surface area contributed by atoms with Crippen LogP contribution in [0.25, 0.3) is 0 Å². The Hall–Kier alpha value is -1.88. The summed E-state index contributed by atoms with van der Waals surface area (Å²) >= 11 is 0. The van der Waals surface area contributed by atoms with Crippen LogP contribution in [0.5, 0.6) is 11.6 Å². The molecule has 114 valence electrons. The highest BCUT2D eigenvalue weighted by molar-refractivity contribution is 5.38. The molecule has 0 bridgehead atoms. The highest BCUT2D eigenvalue weighted by Gasteiger charge is 2.13. The number of aryl methyl sites for hydroxylation is 3. The molecule has 0 aliphatic heterocycles. The van der Waals surface area contributed by atoms with E-state index in [-0.39, 0.29) is 0 Å². The lowest BCUT2D eigenvalue weighted by Crippen LogP contribution is -2.21. The molecule has 2 aromatic rings. The molecule has 1 N–H and O–H groups in total. The van der Waals surface area contributed by atoms with Gasteiger partial charge in [0.1, 0.15) is 5.69 Å². The van der Waals surface area contributed by atoms with Crippen molar-refractivity contribution in [1.82, 2.24) is 20.1 Å². The maximum absolute atomic E-state index is 5.96. The molecule has 0 saturated carbocycles. The van der Waals surface area contributed by atoms with Crippen LogP contribution in [0.4, 0.5) is 0 Å². The van der Waals surface area contributed by atoms with E-state index >= 15 is 0 Å². The molecule has 5 heteroatoms. The van der Waals surface area contributed by atoms with Gasteiger partial charge < -0.3 is 10.1 Å². The third-order valence-corrected chi connectivity index (χ3v) is 3.44. The van der Waals surface area contributed by atoms with Gasteiger partial charge >= 0.3 is 0 Å². The van der Waals surface area contributed by atoms with Gasteiger partial charge in [-0.25, -0.2) is 4.98 Å². The van der Waals surface area contributed by atoms with Crippen molar-refractivity contribution in [3.05, 3.63) is 34.8 Å². The third-order valence-electron chi connectivity index (χ3n) is 3.44. The van der Waals surface area contributed by atoms with Gasteiger partial charge in [-0.1, -0.05) is 13.8 Å². The molecule has 0 unspecified atom stereocenters. The van der Waals surface area contributed by atoms with Gasteiger partial charge in [-0.3, -0.25) is 4.68 Å². The summed E-state index contributed by atoms with van der Waals surface area (Å²) in [5, 5.41) is 7.74. The zero-order valence-electron chi connectivity index (χ0n) is 13.7. The second kappa shape index (κ2) is 6.26. The Balaban J connectivity index is 2.17. The fourth-order valence-corrected chi connectivity index (χ4v) is 2.14. The Kier molecular flexibility index (Phi) is 4.63. The van der Waals surface area contributed by atoms with E-state index in [1.165, 1.54) is 0 Å². The highest BCUT2D eigenvalue weighted by Crippen LogP contribution is 2.28. The predicted octanol–water partition coefficient (Wildman–Crippen LogP) is 3.03. The van der Waals surface area contributed by atoms with Crippen molar-refractivity contribution >= 4 is 0 Å². The van der Waals surface area contributed by atoms with Gasteiger partial charge in [0, 0.05) is 31.4 Å². The molecule has 5 nitrogen and oxygen atoms in total. The van der Waals surface area contributed by atoms with Crippen molar-refractivity contribution in [3.8, 4) is 11.6 Å². The van der Waals surface area contributed by atoms with E-state index in [1.54, 1.807) is 0 Å². The van der Waals surface area contributed by atoms with Crippen molar-refractivity contribution in [2.75, 3.05) is 0 Å². The topological polar surface area (TPSA) is 52.0 Å². The monoisotopic (exact) mass is 288 g/mol. The Morgan fingerprint density at radius 1 is 1.29 bits per heavy atom. The number of rotatable bonds is 5. The van der Waals surface area contributed by atoms with E-state index in [0.717, 1.165) is 34.8 Å². The lowest BCUT2D eigenvalue weighted by atomic mass is 10.2. The minimum Gasteiger partial charge on any atom is -0.435 e. The molecule has 0 aromatic carbocycles. The summed E-state index contributed by atoms with van der Waals surface area (Å²) in [7, 11) is 1.91. The molecule has 2 aromatic heterocycles. The normalized spacial score (nSPS) is 11.2. The number of ether oxygens (including phenoxy) is 1. The summed E-state index contributed by atoms with van der Waals surface area (Å²) in [4.78, 5) is 4.44. The van der Waals surface area contributed by atoms with Gasteiger partial charge in [0.15, 0.2) is 5.75 Å². The van der Waals surface area contributed by atoms with Crippen molar-refractivity contribution < 1.29 is 4.74 Å². The van der Waals surface area contributed by atoms with Gasteiger partial charge in [0.25, 0.3) is 0 Å². The molecule has 0 spiro atoms. The van der Waals surface area contributed by atoms with Crippen LogP contribution in [0, 0.1) is 20.8 Å². The fraction of sp³-hybridized carbons (Fsp3) is 0.500. The maximum Gasteiger partial charge on any atom is 0.222 e. The van der Waals surface area contributed by atoms with Crippen LogP contribution in [0.1, 0.15) is 36.4 Å². The number of aromatic nitrogens is 3. The second-order valence-corrected chi connectivity index (χ2v) is 5.73. The van der Waals surface area contributed by atoms with E-state index < -0.39 is 0 Å². The molecule has 0 radical (unpaired) electrons. The summed E-state index contributed by atoms with van der Waals surface area (Å²) < 4.78 is 7.78. The number of pyridine rings is 1. The van der Waals surface area contributed by atoms with Gasteiger partial charge in [-0.05, 0) is 32.4 Å². The smallest absolute Gasteiger partial charge is 0.222 e. The molecule has 0 amide bonds. The molecular formula is C16H24N4O. The van der Waals surface area contributed by atoms with E-state index in [1.807, 2.05) is 38.7 Å². The van der Waals surface area contributed by atoms with Crippen LogP contribution in [-0.2, 0) is 13.6 Å². The van der Waals surface area contributed by atoms with Gasteiger partial charge in [-0.15, -0.1) is 0 Å². The first-order chi connectivity index (χ1) is 9.88. The molecule has 0 aliphatic carbocycles. The summed E-state index contributed by atoms with van der Waals surface area (Å²) in [6.07, 6.45) is 1.86. The summed E-state index contributed by atoms with van der Waals surface area (Å²) in [6, 6.07) is 2.57. The lowest BCUT2D eigenvalue weighted by molar-refractivity contribution is 0.450. The molecule has 0 fully saturated rings. The van der Waals surface area contributed by atoms with Crippen molar-refractivity contribution in [3.63, 3.8) is 0 Å². The quantitative estimate of drug-likeness (QED) is 0.919. The molecule has 2 heterocycles. The Bertz CT molecular complexity index is 631. The van der Waals surface area contributed by atoms with Crippen molar-refractivity contribution in [2.24, 2.45) is 7.05 Å². The van der Waals surface area contributed by atoms with Gasteiger partial charge in [0.05, 0.1) is 5.69 Å². The van der Waals surface area contributed by atoms with Crippen LogP contribution in [0.3, 0.4) is 0 Å². The average molecular weight is 288 g/mol. The predicted molar refractivity (Wildman–Crippen MR) is 83.7 cm³/mol. The molecule has 0 atom stereocenters. The first-order valence-corrected chi connectivity index (χ1v) is 7.25. The average Bonchev–Trinajstić information content (AvgIpc) is 2.65. The van der Waals surface area contributed by atoms with Crippen molar-refractivity contribution in [2.45, 2.75) is 47.2 Å². The number of nitrogens with zero attached hydrogens (tertiary/aromatic N) is 3. The lowest BCUT2D eigenvalue weighted by Gasteiger charge is -2.11. The second-order valence-electron chi connectivity index (χ2n) is 5.73. The Labute approximate surface area is 126 Å². The van der Waals surface area contributed by atoms with E-state index in [0.29, 0.717) is 11.9 Å². The minimum absolute atomic E-state index is 0.460. The van der Waals surface area contributed by atoms with Crippen LogP contribution in [-0.4, -0.2) is 20.8 Å². The summed E-state index contributed by atoms with van der Waals surface area (Å²) in [5.41, 5.74) is 4.06. The number of hydrogen-bond acceptors (Lipinski definition) is 4. The zero-order valence-corrected chi connectivity index (χ0v) is 13.7. The number of nitrogens with one attached hydrogen (secondary N) is 1. The van der Waals surface area contributed by atoms with E-state index in [2.05, 4.69) is 35.3 Å². The Morgan fingerprint density at radius 3 is 2.52 bits per heavy atom. The van der Waals surface area contributed by atoms with Gasteiger partial charge in [0.2, 0.25) is 5.88 Å². The van der Waals surface area contributed by atoms with Gasteiger partial charge in [-0.2, -0.15) is 5.10 Å². The standard InChI is InChI=1S/C16H24N4O/c1-10(2)17-8-14-7-11(3)16(18-9-14)21-15-12(4)19-20(6)13(15)5/h7,9-10,17H,8H2,1-6H3. The summed E-state index contributed by atoms with van der Waals surface area (Å²) in [5.74, 6) is 1.43. The molecule has 0 saturated heterocycles. The van der Waals surface area contributed by atoms with E-state index in [4.69, 9.17) is 4.74 Å².